The third-order valence-electron chi connectivity index (χ3n) is 3.00. The van der Waals surface area contributed by atoms with E-state index < -0.39 is 0 Å². The van der Waals surface area contributed by atoms with Gasteiger partial charge in [-0.3, -0.25) is 4.90 Å². The average Bonchev–Trinajstić information content (AvgIpc) is 2.84. The van der Waals surface area contributed by atoms with Gasteiger partial charge in [0.1, 0.15) is 6.04 Å². The SMILES string of the molecule is N#Cc1ccccc1C(C#N)N1CCCC1. The Labute approximate surface area is 95.5 Å². The predicted octanol–water partition coefficient (Wildman–Crippen LogP) is 2.22. The van der Waals surface area contributed by atoms with Crippen LogP contribution in [0.25, 0.3) is 0 Å². The van der Waals surface area contributed by atoms with Gasteiger partial charge in [0.25, 0.3) is 0 Å². The number of nitrogens with zero attached hydrogens (tertiary/aromatic N) is 3. The molecular weight excluding hydrogens is 198 g/mol. The Morgan fingerprint density at radius 2 is 1.81 bits per heavy atom. The van der Waals surface area contributed by atoms with Gasteiger partial charge in [-0.25, -0.2) is 0 Å². The van der Waals surface area contributed by atoms with Crippen molar-refractivity contribution in [3.63, 3.8) is 0 Å². The molecule has 0 N–H and O–H groups in total. The lowest BCUT2D eigenvalue weighted by Gasteiger charge is -2.22. The van der Waals surface area contributed by atoms with Gasteiger partial charge in [0.05, 0.1) is 17.7 Å². The van der Waals surface area contributed by atoms with Gasteiger partial charge >= 0.3 is 0 Å². The summed E-state index contributed by atoms with van der Waals surface area (Å²) in [5.41, 5.74) is 1.45. The summed E-state index contributed by atoms with van der Waals surface area (Å²) in [6.07, 6.45) is 2.29. The zero-order chi connectivity index (χ0) is 11.4. The van der Waals surface area contributed by atoms with Crippen LogP contribution in [0.1, 0.15) is 30.0 Å². The molecule has 1 aromatic carbocycles. The summed E-state index contributed by atoms with van der Waals surface area (Å²) < 4.78 is 0. The summed E-state index contributed by atoms with van der Waals surface area (Å²) in [5, 5.41) is 18.3. The largest absolute Gasteiger partial charge is 0.284 e. The van der Waals surface area contributed by atoms with Crippen LogP contribution in [0.5, 0.6) is 0 Å². The van der Waals surface area contributed by atoms with Crippen LogP contribution in [0.4, 0.5) is 0 Å². The van der Waals surface area contributed by atoms with E-state index in [2.05, 4.69) is 17.0 Å². The molecule has 1 unspecified atom stereocenters. The van der Waals surface area contributed by atoms with Crippen molar-refractivity contribution in [3.8, 4) is 12.1 Å². The highest BCUT2D eigenvalue weighted by molar-refractivity contribution is 5.41. The van der Waals surface area contributed by atoms with Crippen molar-refractivity contribution in [1.29, 1.82) is 10.5 Å². The quantitative estimate of drug-likeness (QED) is 0.753. The van der Waals surface area contributed by atoms with Crippen LogP contribution in [0.2, 0.25) is 0 Å². The van der Waals surface area contributed by atoms with Crippen molar-refractivity contribution in [2.45, 2.75) is 18.9 Å². The van der Waals surface area contributed by atoms with E-state index in [0.29, 0.717) is 5.56 Å². The number of likely N-dealkylation sites (tertiary alicyclic amines) is 1. The molecule has 3 heteroatoms. The van der Waals surface area contributed by atoms with Crippen molar-refractivity contribution in [2.75, 3.05) is 13.1 Å². The van der Waals surface area contributed by atoms with Crippen LogP contribution in [0.3, 0.4) is 0 Å². The fourth-order valence-corrected chi connectivity index (χ4v) is 2.18. The second-order valence-corrected chi connectivity index (χ2v) is 3.97. The fourth-order valence-electron chi connectivity index (χ4n) is 2.18. The lowest BCUT2D eigenvalue weighted by Crippen LogP contribution is -2.25. The van der Waals surface area contributed by atoms with Crippen molar-refractivity contribution in [2.24, 2.45) is 0 Å². The molecule has 0 aliphatic carbocycles. The molecule has 0 bridgehead atoms. The molecule has 1 aliphatic heterocycles. The van der Waals surface area contributed by atoms with Crippen LogP contribution < -0.4 is 0 Å². The molecule has 0 aromatic heterocycles. The van der Waals surface area contributed by atoms with Crippen molar-refractivity contribution < 1.29 is 0 Å². The predicted molar refractivity (Wildman–Crippen MR) is 60.3 cm³/mol. The molecule has 1 saturated heterocycles. The standard InChI is InChI=1S/C13H13N3/c14-9-11-5-1-2-6-12(11)13(10-15)16-7-3-4-8-16/h1-2,5-6,13H,3-4,7-8H2. The first-order chi connectivity index (χ1) is 7.86. The van der Waals surface area contributed by atoms with Gasteiger partial charge in [0, 0.05) is 5.56 Å². The van der Waals surface area contributed by atoms with Gasteiger partial charge in [-0.1, -0.05) is 18.2 Å². The topological polar surface area (TPSA) is 50.8 Å². The maximum atomic E-state index is 9.26. The highest BCUT2D eigenvalue weighted by atomic mass is 15.2. The minimum Gasteiger partial charge on any atom is -0.284 e. The summed E-state index contributed by atoms with van der Waals surface area (Å²) in [6, 6.07) is 11.6. The third kappa shape index (κ3) is 1.91. The normalized spacial score (nSPS) is 17.6. The highest BCUT2D eigenvalue weighted by Crippen LogP contribution is 2.26. The van der Waals surface area contributed by atoms with E-state index in [1.54, 1.807) is 6.07 Å². The van der Waals surface area contributed by atoms with E-state index in [4.69, 9.17) is 5.26 Å². The smallest absolute Gasteiger partial charge is 0.125 e. The third-order valence-corrected chi connectivity index (χ3v) is 3.00. The van der Waals surface area contributed by atoms with Gasteiger partial charge in [0.15, 0.2) is 0 Å². The van der Waals surface area contributed by atoms with Crippen molar-refractivity contribution >= 4 is 0 Å². The molecule has 0 amide bonds. The molecule has 1 aliphatic rings. The Balaban J connectivity index is 2.34. The summed E-state index contributed by atoms with van der Waals surface area (Å²) in [5.74, 6) is 0. The summed E-state index contributed by atoms with van der Waals surface area (Å²) in [7, 11) is 0. The maximum absolute atomic E-state index is 9.26. The Morgan fingerprint density at radius 1 is 1.12 bits per heavy atom. The molecule has 1 fully saturated rings. The molecule has 0 radical (unpaired) electrons. The lowest BCUT2D eigenvalue weighted by molar-refractivity contribution is 0.294. The van der Waals surface area contributed by atoms with Crippen molar-refractivity contribution in [1.82, 2.24) is 4.90 Å². The lowest BCUT2D eigenvalue weighted by atomic mass is 10.0. The zero-order valence-corrected chi connectivity index (χ0v) is 9.06. The molecule has 1 atom stereocenters. The molecule has 1 heterocycles. The molecule has 0 spiro atoms. The van der Waals surface area contributed by atoms with E-state index in [0.717, 1.165) is 31.5 Å². The molecule has 0 saturated carbocycles. The molecule has 80 valence electrons. The molecule has 16 heavy (non-hydrogen) atoms. The van der Waals surface area contributed by atoms with E-state index in [-0.39, 0.29) is 6.04 Å². The number of rotatable bonds is 2. The average molecular weight is 211 g/mol. The second-order valence-electron chi connectivity index (χ2n) is 3.97. The zero-order valence-electron chi connectivity index (χ0n) is 9.06. The first-order valence-corrected chi connectivity index (χ1v) is 5.49. The van der Waals surface area contributed by atoms with E-state index in [1.165, 1.54) is 0 Å². The van der Waals surface area contributed by atoms with Gasteiger partial charge in [-0.15, -0.1) is 0 Å². The fraction of sp³-hybridized carbons (Fsp3) is 0.385. The van der Waals surface area contributed by atoms with Crippen molar-refractivity contribution in [3.05, 3.63) is 35.4 Å². The summed E-state index contributed by atoms with van der Waals surface area (Å²) in [6.45, 7) is 1.91. The molecule has 2 rings (SSSR count). The monoisotopic (exact) mass is 211 g/mol. The minimum absolute atomic E-state index is 0.265. The van der Waals surface area contributed by atoms with Gasteiger partial charge in [-0.2, -0.15) is 10.5 Å². The van der Waals surface area contributed by atoms with Gasteiger partial charge < -0.3 is 0 Å². The van der Waals surface area contributed by atoms with E-state index in [1.807, 2.05) is 18.2 Å². The van der Waals surface area contributed by atoms with E-state index in [9.17, 15) is 5.26 Å². The Hall–Kier alpha value is -1.84. The number of nitriles is 2. The molecular formula is C13H13N3. The van der Waals surface area contributed by atoms with Crippen LogP contribution >= 0.6 is 0 Å². The first kappa shape index (κ1) is 10.7. The van der Waals surface area contributed by atoms with Crippen LogP contribution in [-0.4, -0.2) is 18.0 Å². The van der Waals surface area contributed by atoms with Crippen LogP contribution in [-0.2, 0) is 0 Å². The molecule has 1 aromatic rings. The first-order valence-electron chi connectivity index (χ1n) is 5.49. The maximum Gasteiger partial charge on any atom is 0.125 e. The van der Waals surface area contributed by atoms with Crippen LogP contribution in [0.15, 0.2) is 24.3 Å². The number of hydrogen-bond donors (Lipinski definition) is 0. The van der Waals surface area contributed by atoms with Gasteiger partial charge in [-0.05, 0) is 32.0 Å². The Morgan fingerprint density at radius 3 is 2.44 bits per heavy atom. The summed E-state index contributed by atoms with van der Waals surface area (Å²) in [4.78, 5) is 2.15. The van der Waals surface area contributed by atoms with Gasteiger partial charge in [0.2, 0.25) is 0 Å². The Bertz CT molecular complexity index is 447. The highest BCUT2D eigenvalue weighted by Gasteiger charge is 2.24. The number of hydrogen-bond acceptors (Lipinski definition) is 3. The minimum atomic E-state index is -0.265. The van der Waals surface area contributed by atoms with Crippen LogP contribution in [0, 0.1) is 22.7 Å². The second kappa shape index (κ2) is 4.79. The number of benzene rings is 1. The summed E-state index contributed by atoms with van der Waals surface area (Å²) >= 11 is 0. The van der Waals surface area contributed by atoms with E-state index >= 15 is 0 Å². The molecule has 3 nitrogen and oxygen atoms in total. The Kier molecular flexibility index (Phi) is 3.19.